The lowest BCUT2D eigenvalue weighted by atomic mass is 9.66. The molecule has 2 saturated carbocycles. The van der Waals surface area contributed by atoms with Gasteiger partial charge in [0.1, 0.15) is 11.2 Å². The van der Waals surface area contributed by atoms with E-state index < -0.39 is 0 Å². The molecule has 0 aliphatic heterocycles. The first kappa shape index (κ1) is 28.9. The number of anilines is 3. The molecule has 0 radical (unpaired) electrons. The monoisotopic (exact) mass is 655 g/mol. The molecular weight excluding hydrogens is 619 g/mol. The lowest BCUT2D eigenvalue weighted by molar-refractivity contribution is 0.327. The van der Waals surface area contributed by atoms with E-state index in [1.165, 1.54) is 59.1 Å². The van der Waals surface area contributed by atoms with Gasteiger partial charge in [0, 0.05) is 39.3 Å². The van der Waals surface area contributed by atoms with Gasteiger partial charge >= 0.3 is 0 Å². The second-order valence-corrected chi connectivity index (χ2v) is 14.9. The number of hydrogen-bond donors (Lipinski definition) is 0. The van der Waals surface area contributed by atoms with Gasteiger partial charge in [-0.3, -0.25) is 0 Å². The van der Waals surface area contributed by atoms with Gasteiger partial charge < -0.3 is 9.32 Å². The van der Waals surface area contributed by atoms with Crippen molar-refractivity contribution in [2.45, 2.75) is 31.1 Å². The first-order valence-corrected chi connectivity index (χ1v) is 18.4. The SMILES string of the molecule is c1ccc(-c2ccc(N(c3ccc(-c4ccc5c(c4)C4(CC6CCC4C6)c4ccccc4-5)cc3)c3ccc4c(c3)oc3ccccc34)cc2)cc1. The molecular formula is C49H37NO. The number of hydrogen-bond acceptors (Lipinski definition) is 2. The van der Waals surface area contributed by atoms with Gasteiger partial charge in [0.15, 0.2) is 0 Å². The first-order chi connectivity index (χ1) is 25.2. The minimum atomic E-state index is 0.183. The van der Waals surface area contributed by atoms with Crippen molar-refractivity contribution in [1.29, 1.82) is 0 Å². The Morgan fingerprint density at radius 2 is 1.10 bits per heavy atom. The van der Waals surface area contributed by atoms with E-state index in [0.717, 1.165) is 50.8 Å². The van der Waals surface area contributed by atoms with Crippen LogP contribution in [0.2, 0.25) is 0 Å². The fourth-order valence-electron chi connectivity index (χ4n) is 10.1. The molecule has 2 fully saturated rings. The lowest BCUT2D eigenvalue weighted by Crippen LogP contribution is -2.31. The number of benzene rings is 7. The Morgan fingerprint density at radius 1 is 0.471 bits per heavy atom. The van der Waals surface area contributed by atoms with Crippen LogP contribution in [-0.4, -0.2) is 0 Å². The van der Waals surface area contributed by atoms with Crippen LogP contribution < -0.4 is 4.90 Å². The zero-order valence-electron chi connectivity index (χ0n) is 28.4. The maximum absolute atomic E-state index is 6.36. The third-order valence-electron chi connectivity index (χ3n) is 12.4. The van der Waals surface area contributed by atoms with Gasteiger partial charge in [-0.2, -0.15) is 0 Å². The average molecular weight is 656 g/mol. The van der Waals surface area contributed by atoms with Gasteiger partial charge in [0.05, 0.1) is 0 Å². The van der Waals surface area contributed by atoms with Crippen molar-refractivity contribution >= 4 is 39.0 Å². The molecule has 0 amide bonds. The van der Waals surface area contributed by atoms with Crippen LogP contribution >= 0.6 is 0 Å². The summed E-state index contributed by atoms with van der Waals surface area (Å²) in [6.45, 7) is 0. The maximum atomic E-state index is 6.36. The molecule has 1 aromatic heterocycles. The molecule has 3 atom stereocenters. The number of fused-ring (bicyclic) bond motifs is 11. The van der Waals surface area contributed by atoms with Crippen LogP contribution in [0.1, 0.15) is 36.8 Å². The molecule has 3 aliphatic carbocycles. The highest BCUT2D eigenvalue weighted by Gasteiger charge is 2.56. The predicted molar refractivity (Wildman–Crippen MR) is 211 cm³/mol. The second-order valence-electron chi connectivity index (χ2n) is 14.9. The molecule has 1 spiro atoms. The topological polar surface area (TPSA) is 16.4 Å². The third kappa shape index (κ3) is 4.36. The molecule has 8 aromatic rings. The van der Waals surface area contributed by atoms with Gasteiger partial charge in [0.2, 0.25) is 0 Å². The summed E-state index contributed by atoms with van der Waals surface area (Å²) in [5.74, 6) is 1.62. The molecule has 51 heavy (non-hydrogen) atoms. The van der Waals surface area contributed by atoms with Crippen LogP contribution in [-0.2, 0) is 5.41 Å². The number of rotatable bonds is 5. The summed E-state index contributed by atoms with van der Waals surface area (Å²) < 4.78 is 6.36. The van der Waals surface area contributed by atoms with Crippen LogP contribution in [0.5, 0.6) is 0 Å². The van der Waals surface area contributed by atoms with Crippen molar-refractivity contribution < 1.29 is 4.42 Å². The third-order valence-corrected chi connectivity index (χ3v) is 12.4. The van der Waals surface area contributed by atoms with Crippen molar-refractivity contribution in [3.8, 4) is 33.4 Å². The van der Waals surface area contributed by atoms with Crippen LogP contribution in [0.15, 0.2) is 168 Å². The molecule has 1 heterocycles. The van der Waals surface area contributed by atoms with Crippen LogP contribution in [0.25, 0.3) is 55.3 Å². The fraction of sp³-hybridized carbons (Fsp3) is 0.143. The van der Waals surface area contributed by atoms with Crippen LogP contribution in [0.4, 0.5) is 17.1 Å². The van der Waals surface area contributed by atoms with Crippen molar-refractivity contribution in [1.82, 2.24) is 0 Å². The van der Waals surface area contributed by atoms with Gasteiger partial charge in [-0.05, 0) is 124 Å². The molecule has 2 nitrogen and oxygen atoms in total. The zero-order chi connectivity index (χ0) is 33.5. The van der Waals surface area contributed by atoms with Gasteiger partial charge in [-0.25, -0.2) is 0 Å². The quantitative estimate of drug-likeness (QED) is 0.183. The van der Waals surface area contributed by atoms with E-state index in [4.69, 9.17) is 4.42 Å². The Labute approximate surface area is 298 Å². The summed E-state index contributed by atoms with van der Waals surface area (Å²) in [6, 6.07) is 60.1. The Hall–Kier alpha value is -5.86. The van der Waals surface area contributed by atoms with Crippen LogP contribution in [0, 0.1) is 11.8 Å². The Bertz CT molecular complexity index is 2600. The zero-order valence-corrected chi connectivity index (χ0v) is 28.4. The van der Waals surface area contributed by atoms with E-state index in [1.807, 2.05) is 12.1 Å². The largest absolute Gasteiger partial charge is 0.456 e. The van der Waals surface area contributed by atoms with E-state index in [9.17, 15) is 0 Å². The van der Waals surface area contributed by atoms with Crippen molar-refractivity contribution in [2.24, 2.45) is 11.8 Å². The van der Waals surface area contributed by atoms with Crippen LogP contribution in [0.3, 0.4) is 0 Å². The Morgan fingerprint density at radius 3 is 1.86 bits per heavy atom. The molecule has 3 unspecified atom stereocenters. The maximum Gasteiger partial charge on any atom is 0.137 e. The van der Waals surface area contributed by atoms with Crippen molar-refractivity contribution in [3.05, 3.63) is 175 Å². The summed E-state index contributed by atoms with van der Waals surface area (Å²) in [4.78, 5) is 2.34. The first-order valence-electron chi connectivity index (χ1n) is 18.4. The van der Waals surface area contributed by atoms with E-state index in [-0.39, 0.29) is 5.41 Å². The van der Waals surface area contributed by atoms with Gasteiger partial charge in [-0.15, -0.1) is 0 Å². The molecule has 0 saturated heterocycles. The summed E-state index contributed by atoms with van der Waals surface area (Å²) in [6.07, 6.45) is 5.45. The summed E-state index contributed by atoms with van der Waals surface area (Å²) >= 11 is 0. The fourth-order valence-corrected chi connectivity index (χ4v) is 10.1. The van der Waals surface area contributed by atoms with Crippen molar-refractivity contribution in [2.75, 3.05) is 4.90 Å². The summed E-state index contributed by atoms with van der Waals surface area (Å²) in [7, 11) is 0. The average Bonchev–Trinajstić information content (AvgIpc) is 3.97. The molecule has 7 aromatic carbocycles. The highest BCUT2D eigenvalue weighted by molar-refractivity contribution is 6.06. The molecule has 0 N–H and O–H groups in total. The summed E-state index contributed by atoms with van der Waals surface area (Å²) in [5.41, 5.74) is 16.3. The molecule has 11 rings (SSSR count). The molecule has 3 aliphatic rings. The van der Waals surface area contributed by atoms with Crippen molar-refractivity contribution in [3.63, 3.8) is 0 Å². The lowest BCUT2D eigenvalue weighted by Gasteiger charge is -2.36. The predicted octanol–water partition coefficient (Wildman–Crippen LogP) is 13.5. The minimum absolute atomic E-state index is 0.183. The van der Waals surface area contributed by atoms with E-state index in [2.05, 4.69) is 157 Å². The molecule has 2 bridgehead atoms. The Balaban J connectivity index is 0.999. The summed E-state index contributed by atoms with van der Waals surface area (Å²) in [5, 5.41) is 2.28. The minimum Gasteiger partial charge on any atom is -0.456 e. The van der Waals surface area contributed by atoms with E-state index >= 15 is 0 Å². The molecule has 244 valence electrons. The Kier molecular flexibility index (Phi) is 6.28. The number of nitrogens with zero attached hydrogens (tertiary/aromatic N) is 1. The number of para-hydroxylation sites is 1. The van der Waals surface area contributed by atoms with Gasteiger partial charge in [0.25, 0.3) is 0 Å². The van der Waals surface area contributed by atoms with E-state index in [1.54, 1.807) is 11.1 Å². The van der Waals surface area contributed by atoms with E-state index in [0.29, 0.717) is 0 Å². The smallest absolute Gasteiger partial charge is 0.137 e. The highest BCUT2D eigenvalue weighted by Crippen LogP contribution is 2.65. The molecule has 2 heteroatoms. The standard InChI is InChI=1S/C49H37NO/c1-2-8-33(9-3-1)34-15-21-38(22-16-34)50(40-25-27-44-43-11-5-7-13-47(43)51-48(44)30-40)39-23-17-35(18-24-39)36-19-26-42-41-10-4-6-12-45(41)49(46(42)29-36)31-32-14-20-37(49)28-32/h1-13,15-19,21-27,29-30,32,37H,14,20,28,31H2. The number of furan rings is 1. The normalized spacial score (nSPS) is 19.9. The van der Waals surface area contributed by atoms with Gasteiger partial charge in [-0.1, -0.05) is 116 Å². The second kappa shape index (κ2) is 11.1. The highest BCUT2D eigenvalue weighted by atomic mass is 16.3.